The lowest BCUT2D eigenvalue weighted by molar-refractivity contribution is 0.589. The molecule has 2 aromatic carbocycles. The Bertz CT molecular complexity index is 1060. The maximum absolute atomic E-state index is 13.7. The lowest BCUT2D eigenvalue weighted by Crippen LogP contribution is -2.31. The van der Waals surface area contributed by atoms with E-state index < -0.39 is 15.8 Å². The molecule has 7 heteroatoms. The average Bonchev–Trinajstić information content (AvgIpc) is 2.66. The van der Waals surface area contributed by atoms with Crippen molar-refractivity contribution in [2.45, 2.75) is 11.4 Å². The van der Waals surface area contributed by atoms with E-state index >= 15 is 0 Å². The number of hydrogen-bond acceptors (Lipinski definition) is 4. The van der Waals surface area contributed by atoms with E-state index in [4.69, 9.17) is 0 Å². The van der Waals surface area contributed by atoms with Crippen LogP contribution in [0.5, 0.6) is 0 Å². The molecule has 3 rings (SSSR count). The molecule has 0 amide bonds. The summed E-state index contributed by atoms with van der Waals surface area (Å²) in [6, 6.07) is 16.6. The molecule has 1 heterocycles. The van der Waals surface area contributed by atoms with Crippen LogP contribution in [0, 0.1) is 17.1 Å². The zero-order valence-corrected chi connectivity index (χ0v) is 14.4. The van der Waals surface area contributed by atoms with Crippen LogP contribution in [0.25, 0.3) is 0 Å². The minimum absolute atomic E-state index is 0.0279. The summed E-state index contributed by atoms with van der Waals surface area (Å²) >= 11 is 0. The highest BCUT2D eigenvalue weighted by molar-refractivity contribution is 7.92. The van der Waals surface area contributed by atoms with E-state index in [-0.39, 0.29) is 22.7 Å². The number of nitriles is 1. The Balaban J connectivity index is 2.15. The highest BCUT2D eigenvalue weighted by atomic mass is 32.2. The molecular formula is C19H14FN3O2S. The second-order valence-electron chi connectivity index (χ2n) is 5.46. The van der Waals surface area contributed by atoms with E-state index in [1.807, 2.05) is 6.07 Å². The molecule has 0 N–H and O–H groups in total. The summed E-state index contributed by atoms with van der Waals surface area (Å²) in [5.41, 5.74) is 0.830. The molecule has 0 aliphatic rings. The molecule has 0 aliphatic heterocycles. The number of anilines is 1. The van der Waals surface area contributed by atoms with Gasteiger partial charge in [0.05, 0.1) is 17.8 Å². The van der Waals surface area contributed by atoms with Crippen LogP contribution in [0.2, 0.25) is 0 Å². The predicted molar refractivity (Wildman–Crippen MR) is 95.2 cm³/mol. The quantitative estimate of drug-likeness (QED) is 0.692. The molecule has 5 nitrogen and oxygen atoms in total. The molecule has 0 saturated carbocycles. The Labute approximate surface area is 151 Å². The third-order valence-corrected chi connectivity index (χ3v) is 5.55. The van der Waals surface area contributed by atoms with Gasteiger partial charge in [-0.15, -0.1) is 0 Å². The van der Waals surface area contributed by atoms with Crippen molar-refractivity contribution < 1.29 is 12.8 Å². The van der Waals surface area contributed by atoms with Crippen LogP contribution in [0.3, 0.4) is 0 Å². The van der Waals surface area contributed by atoms with Crippen molar-refractivity contribution in [2.24, 2.45) is 0 Å². The molecule has 0 bridgehead atoms. The van der Waals surface area contributed by atoms with Crippen molar-refractivity contribution in [1.82, 2.24) is 4.98 Å². The lowest BCUT2D eigenvalue weighted by atomic mass is 10.2. The first-order valence-corrected chi connectivity index (χ1v) is 9.13. The topological polar surface area (TPSA) is 74.1 Å². The SMILES string of the molecule is N#Cc1ccccc1S(=O)(=O)N(Cc1cccnc1)c1cccc(F)c1. The van der Waals surface area contributed by atoms with Crippen molar-refractivity contribution in [3.8, 4) is 6.07 Å². The summed E-state index contributed by atoms with van der Waals surface area (Å²) in [5, 5.41) is 9.26. The van der Waals surface area contributed by atoms with Crippen LogP contribution in [-0.2, 0) is 16.6 Å². The zero-order chi connectivity index (χ0) is 18.6. The Hall–Kier alpha value is -3.24. The Morgan fingerprint density at radius 1 is 1.08 bits per heavy atom. The smallest absolute Gasteiger partial charge is 0.264 e. The molecule has 0 spiro atoms. The molecule has 130 valence electrons. The summed E-state index contributed by atoms with van der Waals surface area (Å²) in [7, 11) is -4.10. The number of halogens is 1. The van der Waals surface area contributed by atoms with Crippen molar-refractivity contribution in [2.75, 3.05) is 4.31 Å². The number of pyridine rings is 1. The van der Waals surface area contributed by atoms with Crippen molar-refractivity contribution in [1.29, 1.82) is 5.26 Å². The van der Waals surface area contributed by atoms with Crippen LogP contribution in [-0.4, -0.2) is 13.4 Å². The zero-order valence-electron chi connectivity index (χ0n) is 13.6. The molecular weight excluding hydrogens is 353 g/mol. The van der Waals surface area contributed by atoms with Gasteiger partial charge in [0.25, 0.3) is 10.0 Å². The molecule has 0 radical (unpaired) electrons. The lowest BCUT2D eigenvalue weighted by Gasteiger charge is -2.25. The minimum Gasteiger partial charge on any atom is -0.264 e. The molecule has 0 fully saturated rings. The fourth-order valence-corrected chi connectivity index (χ4v) is 4.10. The number of sulfonamides is 1. The molecule has 1 aromatic heterocycles. The van der Waals surface area contributed by atoms with Gasteiger partial charge in [0, 0.05) is 12.4 Å². The van der Waals surface area contributed by atoms with E-state index in [1.165, 1.54) is 36.5 Å². The minimum atomic E-state index is -4.10. The van der Waals surface area contributed by atoms with Crippen LogP contribution in [0.15, 0.2) is 78.0 Å². The molecule has 0 saturated heterocycles. The van der Waals surface area contributed by atoms with Crippen molar-refractivity contribution >= 4 is 15.7 Å². The van der Waals surface area contributed by atoms with Crippen molar-refractivity contribution in [3.63, 3.8) is 0 Å². The maximum atomic E-state index is 13.7. The van der Waals surface area contributed by atoms with Gasteiger partial charge in [-0.3, -0.25) is 9.29 Å². The summed E-state index contributed by atoms with van der Waals surface area (Å²) < 4.78 is 41.3. The number of benzene rings is 2. The van der Waals surface area contributed by atoms with Crippen LogP contribution < -0.4 is 4.31 Å². The first-order chi connectivity index (χ1) is 12.5. The van der Waals surface area contributed by atoms with Crippen LogP contribution in [0.1, 0.15) is 11.1 Å². The van der Waals surface area contributed by atoms with E-state index in [9.17, 15) is 18.1 Å². The van der Waals surface area contributed by atoms with Gasteiger partial charge in [-0.25, -0.2) is 12.8 Å². The normalized spacial score (nSPS) is 10.9. The Morgan fingerprint density at radius 3 is 2.58 bits per heavy atom. The molecule has 0 unspecified atom stereocenters. The van der Waals surface area contributed by atoms with E-state index in [1.54, 1.807) is 30.5 Å². The molecule has 0 atom stereocenters. The van der Waals surface area contributed by atoms with Crippen LogP contribution >= 0.6 is 0 Å². The van der Waals surface area contributed by atoms with E-state index in [0.29, 0.717) is 5.56 Å². The third kappa shape index (κ3) is 3.55. The summed E-state index contributed by atoms with van der Waals surface area (Å²) in [6.45, 7) is -0.0423. The number of aromatic nitrogens is 1. The monoisotopic (exact) mass is 367 g/mol. The molecule has 3 aromatic rings. The fourth-order valence-electron chi connectivity index (χ4n) is 2.51. The number of hydrogen-bond donors (Lipinski definition) is 0. The van der Waals surface area contributed by atoms with Gasteiger partial charge in [0.15, 0.2) is 0 Å². The summed E-state index contributed by atoms with van der Waals surface area (Å²) in [5.74, 6) is -0.553. The van der Waals surface area contributed by atoms with Crippen molar-refractivity contribution in [3.05, 3.63) is 90.0 Å². The van der Waals surface area contributed by atoms with E-state index in [2.05, 4.69) is 4.98 Å². The van der Waals surface area contributed by atoms with E-state index in [0.717, 1.165) is 10.4 Å². The average molecular weight is 367 g/mol. The highest BCUT2D eigenvalue weighted by Gasteiger charge is 2.28. The van der Waals surface area contributed by atoms with Gasteiger partial charge in [-0.05, 0) is 42.0 Å². The van der Waals surface area contributed by atoms with Gasteiger partial charge in [-0.1, -0.05) is 24.3 Å². The second kappa shape index (κ2) is 7.33. The standard InChI is InChI=1S/C19H14FN3O2S/c20-17-7-3-8-18(11-17)23(14-15-5-4-10-22-13-15)26(24,25)19-9-2-1-6-16(19)12-21/h1-11,13H,14H2. The first kappa shape index (κ1) is 17.6. The third-order valence-electron chi connectivity index (χ3n) is 3.72. The first-order valence-electron chi connectivity index (χ1n) is 7.69. The highest BCUT2D eigenvalue weighted by Crippen LogP contribution is 2.28. The largest absolute Gasteiger partial charge is 0.265 e. The van der Waals surface area contributed by atoms with Gasteiger partial charge >= 0.3 is 0 Å². The molecule has 26 heavy (non-hydrogen) atoms. The number of rotatable bonds is 5. The Kier molecular flexibility index (Phi) is 4.96. The molecule has 0 aliphatic carbocycles. The van der Waals surface area contributed by atoms with Gasteiger partial charge in [0.2, 0.25) is 0 Å². The second-order valence-corrected chi connectivity index (χ2v) is 7.29. The Morgan fingerprint density at radius 2 is 1.88 bits per heavy atom. The van der Waals surface area contributed by atoms with Gasteiger partial charge in [-0.2, -0.15) is 5.26 Å². The maximum Gasteiger partial charge on any atom is 0.265 e. The number of nitrogens with zero attached hydrogens (tertiary/aromatic N) is 3. The fraction of sp³-hybridized carbons (Fsp3) is 0.0526. The van der Waals surface area contributed by atoms with Gasteiger partial charge in [0.1, 0.15) is 16.8 Å². The summed E-state index contributed by atoms with van der Waals surface area (Å²) in [4.78, 5) is 3.86. The van der Waals surface area contributed by atoms with Gasteiger partial charge < -0.3 is 0 Å². The van der Waals surface area contributed by atoms with Crippen LogP contribution in [0.4, 0.5) is 10.1 Å². The predicted octanol–water partition coefficient (Wildman–Crippen LogP) is 3.49. The summed E-state index contributed by atoms with van der Waals surface area (Å²) in [6.07, 6.45) is 3.12.